The van der Waals surface area contributed by atoms with Gasteiger partial charge >= 0.3 is 0 Å². The molecule has 1 aliphatic rings. The van der Waals surface area contributed by atoms with Crippen molar-refractivity contribution in [1.29, 1.82) is 0 Å². The quantitative estimate of drug-likeness (QED) is 0.166. The number of amides is 2. The Labute approximate surface area is 282 Å². The van der Waals surface area contributed by atoms with Crippen molar-refractivity contribution < 1.29 is 29.0 Å². The number of hydrogen-bond donors (Lipinski definition) is 3. The standard InChI is InChI=1S/C40H44N2O6/c1-23-12-14-26(4)30(18-23)41-38(44)36-32(43)21-40(6,46)37(39(45)42-31-19-24(2)13-15-27(31)5)35(36)28-16-17-33(34(20-28)47-7)48-22-29-11-9-8-10-25(29)3/h8-20,35-37,46H,21-22H2,1-7H3,(H,41,44)(H,42,45). The molecule has 4 aromatic rings. The molecule has 8 nitrogen and oxygen atoms in total. The first-order chi connectivity index (χ1) is 22.8. The van der Waals surface area contributed by atoms with Gasteiger partial charge in [0.15, 0.2) is 11.5 Å². The van der Waals surface area contributed by atoms with Crippen LogP contribution in [-0.4, -0.2) is 35.4 Å². The van der Waals surface area contributed by atoms with Gasteiger partial charge in [-0.25, -0.2) is 0 Å². The number of Topliss-reactive ketones (excluding diaryl/α,β-unsaturated/α-hetero) is 1. The Morgan fingerprint density at radius 3 is 2.00 bits per heavy atom. The Hall–Kier alpha value is -4.95. The summed E-state index contributed by atoms with van der Waals surface area (Å²) in [7, 11) is 1.51. The lowest BCUT2D eigenvalue weighted by Crippen LogP contribution is -2.56. The summed E-state index contributed by atoms with van der Waals surface area (Å²) in [5.74, 6) is -4.13. The molecule has 1 fully saturated rings. The summed E-state index contributed by atoms with van der Waals surface area (Å²) in [5.41, 5.74) is 5.60. The van der Waals surface area contributed by atoms with Gasteiger partial charge in [0, 0.05) is 23.7 Å². The molecule has 0 saturated heterocycles. The van der Waals surface area contributed by atoms with E-state index in [0.717, 1.165) is 33.4 Å². The first kappa shape index (κ1) is 34.4. The summed E-state index contributed by atoms with van der Waals surface area (Å²) in [5, 5.41) is 17.8. The molecule has 1 aliphatic carbocycles. The van der Waals surface area contributed by atoms with Crippen molar-refractivity contribution >= 4 is 29.0 Å². The van der Waals surface area contributed by atoms with E-state index in [9.17, 15) is 19.5 Å². The highest BCUT2D eigenvalue weighted by molar-refractivity contribution is 6.10. The normalized spacial score (nSPS) is 20.6. The molecule has 48 heavy (non-hydrogen) atoms. The molecule has 250 valence electrons. The lowest BCUT2D eigenvalue weighted by Gasteiger charge is -2.44. The largest absolute Gasteiger partial charge is 0.493 e. The number of methoxy groups -OCH3 is 1. The van der Waals surface area contributed by atoms with Gasteiger partial charge in [-0.05, 0) is 105 Å². The zero-order valence-electron chi connectivity index (χ0n) is 28.6. The van der Waals surface area contributed by atoms with Crippen LogP contribution in [0.2, 0.25) is 0 Å². The zero-order chi connectivity index (χ0) is 34.7. The van der Waals surface area contributed by atoms with Gasteiger partial charge < -0.3 is 25.2 Å². The van der Waals surface area contributed by atoms with E-state index in [1.165, 1.54) is 14.0 Å². The number of carbonyl (C=O) groups excluding carboxylic acids is 3. The number of nitrogens with one attached hydrogen (secondary N) is 2. The van der Waals surface area contributed by atoms with Crippen molar-refractivity contribution in [3.8, 4) is 11.5 Å². The molecule has 0 aliphatic heterocycles. The third kappa shape index (κ3) is 7.29. The Bertz CT molecular complexity index is 1860. The van der Waals surface area contributed by atoms with Crippen molar-refractivity contribution in [2.24, 2.45) is 11.8 Å². The third-order valence-corrected chi connectivity index (χ3v) is 9.35. The fraction of sp³-hybridized carbons (Fsp3) is 0.325. The Morgan fingerprint density at radius 2 is 1.40 bits per heavy atom. The Morgan fingerprint density at radius 1 is 0.792 bits per heavy atom. The minimum Gasteiger partial charge on any atom is -0.493 e. The maximum absolute atomic E-state index is 14.3. The fourth-order valence-corrected chi connectivity index (χ4v) is 6.59. The molecule has 4 aromatic carbocycles. The number of aliphatic hydroxyl groups is 1. The van der Waals surface area contributed by atoms with Crippen molar-refractivity contribution in [2.75, 3.05) is 17.7 Å². The van der Waals surface area contributed by atoms with Crippen LogP contribution in [-0.2, 0) is 21.0 Å². The van der Waals surface area contributed by atoms with E-state index in [1.54, 1.807) is 18.2 Å². The molecule has 8 heteroatoms. The topological polar surface area (TPSA) is 114 Å². The van der Waals surface area contributed by atoms with Gasteiger partial charge in [-0.3, -0.25) is 14.4 Å². The van der Waals surface area contributed by atoms with E-state index in [1.807, 2.05) is 95.3 Å². The second-order valence-corrected chi connectivity index (χ2v) is 13.2. The monoisotopic (exact) mass is 648 g/mol. The van der Waals surface area contributed by atoms with Crippen LogP contribution in [0.15, 0.2) is 78.9 Å². The lowest BCUT2D eigenvalue weighted by molar-refractivity contribution is -0.150. The number of anilines is 2. The second kappa shape index (κ2) is 14.0. The summed E-state index contributed by atoms with van der Waals surface area (Å²) in [6.07, 6.45) is -0.367. The first-order valence-corrected chi connectivity index (χ1v) is 16.2. The fourth-order valence-electron chi connectivity index (χ4n) is 6.59. The van der Waals surface area contributed by atoms with Crippen molar-refractivity contribution in [3.05, 3.63) is 118 Å². The summed E-state index contributed by atoms with van der Waals surface area (Å²) >= 11 is 0. The average molecular weight is 649 g/mol. The van der Waals surface area contributed by atoms with Crippen LogP contribution in [0, 0.1) is 46.5 Å². The third-order valence-electron chi connectivity index (χ3n) is 9.35. The maximum atomic E-state index is 14.3. The molecule has 5 rings (SSSR count). The van der Waals surface area contributed by atoms with Gasteiger partial charge in [-0.15, -0.1) is 0 Å². The summed E-state index contributed by atoms with van der Waals surface area (Å²) in [6, 6.07) is 24.5. The van der Waals surface area contributed by atoms with Crippen LogP contribution < -0.4 is 20.1 Å². The van der Waals surface area contributed by atoms with E-state index in [2.05, 4.69) is 10.6 Å². The van der Waals surface area contributed by atoms with Crippen LogP contribution in [0.3, 0.4) is 0 Å². The van der Waals surface area contributed by atoms with Crippen LogP contribution in [0.25, 0.3) is 0 Å². The van der Waals surface area contributed by atoms with E-state index in [4.69, 9.17) is 9.47 Å². The van der Waals surface area contributed by atoms with E-state index >= 15 is 0 Å². The summed E-state index contributed by atoms with van der Waals surface area (Å²) in [6.45, 7) is 11.4. The Kier molecular flexibility index (Phi) is 10.1. The molecule has 0 spiro atoms. The smallest absolute Gasteiger partial charge is 0.235 e. The molecule has 2 amide bonds. The average Bonchev–Trinajstić information content (AvgIpc) is 3.03. The number of rotatable bonds is 9. The van der Waals surface area contributed by atoms with Gasteiger partial charge in [0.05, 0.1) is 18.6 Å². The molecule has 0 aromatic heterocycles. The number of hydrogen-bond acceptors (Lipinski definition) is 6. The minimum atomic E-state index is -1.76. The second-order valence-electron chi connectivity index (χ2n) is 13.2. The van der Waals surface area contributed by atoms with E-state index < -0.39 is 41.0 Å². The number of carbonyl (C=O) groups is 3. The zero-order valence-corrected chi connectivity index (χ0v) is 28.6. The van der Waals surface area contributed by atoms with Gasteiger partial charge in [0.25, 0.3) is 0 Å². The SMILES string of the molecule is COc1cc(C2C(C(=O)Nc3cc(C)ccc3C)C(=O)CC(C)(O)C2C(=O)Nc2cc(C)ccc2C)ccc1OCc1ccccc1C. The highest BCUT2D eigenvalue weighted by Crippen LogP contribution is 2.48. The van der Waals surface area contributed by atoms with Crippen LogP contribution in [0.4, 0.5) is 11.4 Å². The van der Waals surface area contributed by atoms with Gasteiger partial charge in [0.2, 0.25) is 11.8 Å². The summed E-state index contributed by atoms with van der Waals surface area (Å²) < 4.78 is 11.9. The van der Waals surface area contributed by atoms with Crippen molar-refractivity contribution in [3.63, 3.8) is 0 Å². The molecular formula is C40H44N2O6. The predicted molar refractivity (Wildman–Crippen MR) is 188 cm³/mol. The molecule has 0 radical (unpaired) electrons. The molecule has 3 N–H and O–H groups in total. The molecule has 4 atom stereocenters. The summed E-state index contributed by atoms with van der Waals surface area (Å²) in [4.78, 5) is 42.4. The van der Waals surface area contributed by atoms with Crippen molar-refractivity contribution in [1.82, 2.24) is 0 Å². The molecule has 1 saturated carbocycles. The predicted octanol–water partition coefficient (Wildman–Crippen LogP) is 7.13. The molecule has 0 heterocycles. The highest BCUT2D eigenvalue weighted by Gasteiger charge is 2.56. The molecule has 0 bridgehead atoms. The number of aryl methyl sites for hydroxylation is 5. The lowest BCUT2D eigenvalue weighted by atomic mass is 9.61. The molecule has 4 unspecified atom stereocenters. The minimum absolute atomic E-state index is 0.306. The van der Waals surface area contributed by atoms with E-state index in [-0.39, 0.29) is 6.42 Å². The first-order valence-electron chi connectivity index (χ1n) is 16.2. The maximum Gasteiger partial charge on any atom is 0.235 e. The highest BCUT2D eigenvalue weighted by atomic mass is 16.5. The van der Waals surface area contributed by atoms with Crippen LogP contribution in [0.5, 0.6) is 11.5 Å². The van der Waals surface area contributed by atoms with Crippen LogP contribution in [0.1, 0.15) is 58.2 Å². The molecular weight excluding hydrogens is 604 g/mol. The number of benzene rings is 4. The Balaban J connectivity index is 1.58. The number of ketones is 1. The number of ether oxygens (including phenoxy) is 2. The van der Waals surface area contributed by atoms with Gasteiger partial charge in [-0.1, -0.05) is 54.6 Å². The van der Waals surface area contributed by atoms with E-state index in [0.29, 0.717) is 35.0 Å². The van der Waals surface area contributed by atoms with Crippen LogP contribution >= 0.6 is 0 Å². The van der Waals surface area contributed by atoms with Crippen molar-refractivity contribution in [2.45, 2.75) is 66.1 Å². The van der Waals surface area contributed by atoms with Gasteiger partial charge in [-0.2, -0.15) is 0 Å². The van der Waals surface area contributed by atoms with Gasteiger partial charge in [0.1, 0.15) is 18.3 Å².